The van der Waals surface area contributed by atoms with Crippen molar-refractivity contribution in [1.82, 2.24) is 0 Å². The number of Topliss-reactive ketones (excluding diaryl/α,β-unsaturated/α-hetero) is 1. The highest BCUT2D eigenvalue weighted by molar-refractivity contribution is 6.01. The molecule has 0 saturated heterocycles. The highest BCUT2D eigenvalue weighted by Crippen LogP contribution is 2.48. The van der Waals surface area contributed by atoms with Gasteiger partial charge in [0, 0.05) is 30.2 Å². The van der Waals surface area contributed by atoms with Crippen LogP contribution in [0.25, 0.3) is 0 Å². The van der Waals surface area contributed by atoms with Crippen LogP contribution in [0.15, 0.2) is 60.6 Å². The van der Waals surface area contributed by atoms with Crippen molar-refractivity contribution in [1.29, 1.82) is 0 Å². The lowest BCUT2D eigenvalue weighted by atomic mass is 9.72. The van der Waals surface area contributed by atoms with Crippen LogP contribution in [0.5, 0.6) is 0 Å². The molecule has 0 spiro atoms. The van der Waals surface area contributed by atoms with Gasteiger partial charge in [-0.25, -0.2) is 4.98 Å². The van der Waals surface area contributed by atoms with Crippen LogP contribution in [-0.2, 0) is 9.59 Å². The molecule has 2 atom stereocenters. The molecule has 0 saturated carbocycles. The molecule has 5 heteroatoms. The first-order valence-corrected chi connectivity index (χ1v) is 9.81. The van der Waals surface area contributed by atoms with Crippen molar-refractivity contribution in [2.45, 2.75) is 39.7 Å². The lowest BCUT2D eigenvalue weighted by Gasteiger charge is -2.38. The topological polar surface area (TPSA) is 63.6 Å². The van der Waals surface area contributed by atoms with E-state index in [0.29, 0.717) is 12.8 Å². The van der Waals surface area contributed by atoms with Crippen LogP contribution in [0.1, 0.15) is 45.2 Å². The second-order valence-electron chi connectivity index (χ2n) is 8.25. The largest absolute Gasteiger partial charge is 0.357 e. The summed E-state index contributed by atoms with van der Waals surface area (Å²) in [4.78, 5) is 31.4. The van der Waals surface area contributed by atoms with Crippen molar-refractivity contribution in [2.24, 2.45) is 11.3 Å². The zero-order chi connectivity index (χ0) is 19.9. The van der Waals surface area contributed by atoms with Gasteiger partial charge >= 0.3 is 0 Å². The molecule has 4 rings (SSSR count). The monoisotopic (exact) mass is 376 g/mol. The molecule has 1 aromatic heterocycles. The van der Waals surface area contributed by atoms with E-state index in [-0.39, 0.29) is 17.1 Å². The number of H-pyrrole nitrogens is 1. The standard InChI is InChI=1S/C23H25N3O2/c1-4-20(28)26-18-10-6-5-9-16(18)25-17-12-23(2,3)13-19(27)21(17)22(26)15-8-7-11-24-14-15/h5-12,14,21-22,25H,4,13H2,1-3H3/p+1. The lowest BCUT2D eigenvalue weighted by Crippen LogP contribution is -2.43. The molecule has 2 aliphatic rings. The van der Waals surface area contributed by atoms with E-state index in [1.165, 1.54) is 0 Å². The maximum absolute atomic E-state index is 13.4. The predicted molar refractivity (Wildman–Crippen MR) is 109 cm³/mol. The number of benzene rings is 1. The van der Waals surface area contributed by atoms with E-state index < -0.39 is 12.0 Å². The molecular formula is C23H26N3O2+. The molecule has 1 aliphatic heterocycles. The molecule has 5 nitrogen and oxygen atoms in total. The Bertz CT molecular complexity index is 949. The van der Waals surface area contributed by atoms with Crippen molar-refractivity contribution >= 4 is 23.1 Å². The Labute approximate surface area is 165 Å². The van der Waals surface area contributed by atoms with Gasteiger partial charge in [-0.15, -0.1) is 0 Å². The fourth-order valence-corrected chi connectivity index (χ4v) is 4.39. The van der Waals surface area contributed by atoms with E-state index in [1.54, 1.807) is 0 Å². The second kappa shape index (κ2) is 6.89. The minimum atomic E-state index is -0.424. The van der Waals surface area contributed by atoms with Gasteiger partial charge in [-0.05, 0) is 23.6 Å². The number of pyridine rings is 1. The first kappa shape index (κ1) is 18.4. The van der Waals surface area contributed by atoms with Gasteiger partial charge in [0.2, 0.25) is 5.91 Å². The normalized spacial score (nSPS) is 23.0. The van der Waals surface area contributed by atoms with Crippen LogP contribution in [-0.4, -0.2) is 11.7 Å². The fraction of sp³-hybridized carbons (Fsp3) is 0.348. The average Bonchev–Trinajstić information content (AvgIpc) is 2.81. The summed E-state index contributed by atoms with van der Waals surface area (Å²) in [6.07, 6.45) is 6.71. The smallest absolute Gasteiger partial charge is 0.227 e. The molecule has 0 bridgehead atoms. The number of aromatic amines is 1. The lowest BCUT2D eigenvalue weighted by molar-refractivity contribution is -0.378. The Hall–Kier alpha value is -2.95. The number of carbonyl (C=O) groups excluding carboxylic acids is 2. The van der Waals surface area contributed by atoms with Crippen LogP contribution in [0.3, 0.4) is 0 Å². The third-order valence-electron chi connectivity index (χ3n) is 5.54. The van der Waals surface area contributed by atoms with E-state index in [0.717, 1.165) is 22.6 Å². The van der Waals surface area contributed by atoms with Crippen LogP contribution in [0.4, 0.5) is 11.4 Å². The van der Waals surface area contributed by atoms with Gasteiger partial charge in [0.05, 0.1) is 23.3 Å². The van der Waals surface area contributed by atoms with Gasteiger partial charge in [0.15, 0.2) is 12.4 Å². The summed E-state index contributed by atoms with van der Waals surface area (Å²) in [5.41, 5.74) is 3.25. The Morgan fingerprint density at radius 3 is 2.75 bits per heavy atom. The highest BCUT2D eigenvalue weighted by atomic mass is 16.2. The summed E-state index contributed by atoms with van der Waals surface area (Å²) in [5.74, 6) is -0.265. The number of nitrogens with zero attached hydrogens (tertiary/aromatic N) is 1. The SMILES string of the molecule is CCC(=O)N1c2ccccc2NC2=CC(C)(C)CC(=O)C2C1c1ccc[nH+]c1. The number of anilines is 2. The third-order valence-corrected chi connectivity index (χ3v) is 5.54. The number of ketones is 1. The average molecular weight is 376 g/mol. The maximum atomic E-state index is 13.4. The minimum absolute atomic E-state index is 0.00184. The molecule has 1 amide bonds. The molecule has 0 radical (unpaired) electrons. The third kappa shape index (κ3) is 3.11. The number of para-hydroxylation sites is 2. The number of nitrogens with one attached hydrogen (secondary N) is 2. The van der Waals surface area contributed by atoms with E-state index in [2.05, 4.69) is 30.2 Å². The summed E-state index contributed by atoms with van der Waals surface area (Å²) in [6.45, 7) is 6.01. The molecule has 2 heterocycles. The van der Waals surface area contributed by atoms with E-state index >= 15 is 0 Å². The molecule has 2 unspecified atom stereocenters. The van der Waals surface area contributed by atoms with Gasteiger partial charge in [-0.1, -0.05) is 39.0 Å². The van der Waals surface area contributed by atoms with Gasteiger partial charge in [-0.3, -0.25) is 9.59 Å². The Morgan fingerprint density at radius 1 is 1.25 bits per heavy atom. The summed E-state index contributed by atoms with van der Waals surface area (Å²) in [6, 6.07) is 11.3. The van der Waals surface area contributed by atoms with Crippen LogP contribution in [0, 0.1) is 11.3 Å². The predicted octanol–water partition coefficient (Wildman–Crippen LogP) is 3.91. The van der Waals surface area contributed by atoms with E-state index in [9.17, 15) is 9.59 Å². The zero-order valence-electron chi connectivity index (χ0n) is 16.5. The molecule has 1 aliphatic carbocycles. The molecule has 0 fully saturated rings. The van der Waals surface area contributed by atoms with Gasteiger partial charge in [0.1, 0.15) is 5.78 Å². The number of fused-ring (bicyclic) bond motifs is 2. The first-order chi connectivity index (χ1) is 13.4. The van der Waals surface area contributed by atoms with E-state index in [1.807, 2.05) is 60.6 Å². The number of rotatable bonds is 2. The van der Waals surface area contributed by atoms with E-state index in [4.69, 9.17) is 0 Å². The quantitative estimate of drug-likeness (QED) is 0.864. The van der Waals surface area contributed by atoms with Crippen molar-refractivity contribution in [3.05, 3.63) is 66.1 Å². The number of carbonyl (C=O) groups is 2. The van der Waals surface area contributed by atoms with Crippen molar-refractivity contribution in [3.8, 4) is 0 Å². The molecule has 144 valence electrons. The van der Waals surface area contributed by atoms with Crippen LogP contribution < -0.4 is 15.2 Å². The molecule has 1 aromatic carbocycles. The Balaban J connectivity index is 2.00. The molecule has 2 N–H and O–H groups in total. The number of hydrogen-bond donors (Lipinski definition) is 1. The number of allylic oxidation sites excluding steroid dienone is 1. The summed E-state index contributed by atoms with van der Waals surface area (Å²) < 4.78 is 0. The molecule has 28 heavy (non-hydrogen) atoms. The van der Waals surface area contributed by atoms with Crippen molar-refractivity contribution in [2.75, 3.05) is 10.2 Å². The first-order valence-electron chi connectivity index (χ1n) is 9.81. The Kier molecular flexibility index (Phi) is 4.53. The number of hydrogen-bond acceptors (Lipinski definition) is 3. The summed E-state index contributed by atoms with van der Waals surface area (Å²) in [7, 11) is 0. The zero-order valence-corrected chi connectivity index (χ0v) is 16.5. The number of amides is 1. The fourth-order valence-electron chi connectivity index (χ4n) is 4.39. The van der Waals surface area contributed by atoms with Gasteiger partial charge in [-0.2, -0.15) is 0 Å². The summed E-state index contributed by atoms with van der Waals surface area (Å²) in [5, 5.41) is 3.49. The summed E-state index contributed by atoms with van der Waals surface area (Å²) >= 11 is 0. The van der Waals surface area contributed by atoms with Gasteiger partial charge < -0.3 is 10.2 Å². The number of aromatic nitrogens is 1. The van der Waals surface area contributed by atoms with Crippen LogP contribution in [0.2, 0.25) is 0 Å². The van der Waals surface area contributed by atoms with Crippen LogP contribution >= 0.6 is 0 Å². The Morgan fingerprint density at radius 2 is 2.04 bits per heavy atom. The highest BCUT2D eigenvalue weighted by Gasteiger charge is 2.46. The van der Waals surface area contributed by atoms with Crippen molar-refractivity contribution in [3.63, 3.8) is 0 Å². The minimum Gasteiger partial charge on any atom is -0.357 e. The van der Waals surface area contributed by atoms with Gasteiger partial charge in [0.25, 0.3) is 0 Å². The maximum Gasteiger partial charge on any atom is 0.227 e. The second-order valence-corrected chi connectivity index (χ2v) is 8.25. The molecular weight excluding hydrogens is 350 g/mol. The van der Waals surface area contributed by atoms with Crippen molar-refractivity contribution < 1.29 is 14.6 Å². The molecule has 2 aromatic rings.